The molecule has 1 N–H and O–H groups in total. The van der Waals surface area contributed by atoms with E-state index in [0.717, 1.165) is 25.9 Å². The first-order valence-electron chi connectivity index (χ1n) is 7.98. The summed E-state index contributed by atoms with van der Waals surface area (Å²) < 4.78 is 5.19. The van der Waals surface area contributed by atoms with Crippen LogP contribution in [0.2, 0.25) is 0 Å². The number of rotatable bonds is 8. The van der Waals surface area contributed by atoms with E-state index < -0.39 is 0 Å². The van der Waals surface area contributed by atoms with Crippen LogP contribution in [0.1, 0.15) is 67.7 Å². The fourth-order valence-electron chi connectivity index (χ4n) is 2.69. The maximum Gasteiger partial charge on any atom is 0.226 e. The van der Waals surface area contributed by atoms with Crippen LogP contribution in [0, 0.1) is 16.2 Å². The Morgan fingerprint density at radius 1 is 1.15 bits per heavy atom. The van der Waals surface area contributed by atoms with Crippen LogP contribution in [-0.2, 0) is 9.53 Å². The van der Waals surface area contributed by atoms with Crippen molar-refractivity contribution >= 4 is 5.91 Å². The summed E-state index contributed by atoms with van der Waals surface area (Å²) in [6, 6.07) is 0. The van der Waals surface area contributed by atoms with Gasteiger partial charge in [0.2, 0.25) is 5.91 Å². The highest BCUT2D eigenvalue weighted by Crippen LogP contribution is 2.49. The molecule has 0 radical (unpaired) electrons. The van der Waals surface area contributed by atoms with Crippen LogP contribution in [0.3, 0.4) is 0 Å². The fourth-order valence-corrected chi connectivity index (χ4v) is 2.69. The Labute approximate surface area is 124 Å². The van der Waals surface area contributed by atoms with Gasteiger partial charge in [-0.3, -0.25) is 4.79 Å². The van der Waals surface area contributed by atoms with Crippen molar-refractivity contribution in [3.63, 3.8) is 0 Å². The van der Waals surface area contributed by atoms with E-state index in [1.165, 1.54) is 0 Å². The molecule has 1 amide bonds. The molecule has 0 saturated carbocycles. The smallest absolute Gasteiger partial charge is 0.226 e. The number of carbonyl (C=O) groups is 1. The third-order valence-electron chi connectivity index (χ3n) is 5.56. The average molecular weight is 283 g/mol. The molecule has 1 saturated heterocycles. The van der Waals surface area contributed by atoms with Crippen LogP contribution in [-0.4, -0.2) is 25.2 Å². The van der Waals surface area contributed by atoms with Crippen LogP contribution in [0.15, 0.2) is 0 Å². The van der Waals surface area contributed by atoms with E-state index >= 15 is 0 Å². The maximum atomic E-state index is 12.8. The maximum absolute atomic E-state index is 12.8. The lowest BCUT2D eigenvalue weighted by atomic mass is 9.58. The van der Waals surface area contributed by atoms with E-state index in [-0.39, 0.29) is 28.3 Å². The van der Waals surface area contributed by atoms with Crippen LogP contribution in [0.5, 0.6) is 0 Å². The molecule has 0 aromatic heterocycles. The normalized spacial score (nSPS) is 22.2. The first-order valence-corrected chi connectivity index (χ1v) is 7.98. The summed E-state index contributed by atoms with van der Waals surface area (Å²) in [6.07, 6.45) is 3.24. The predicted molar refractivity (Wildman–Crippen MR) is 83.6 cm³/mol. The van der Waals surface area contributed by atoms with E-state index in [0.29, 0.717) is 6.54 Å². The first-order chi connectivity index (χ1) is 9.08. The Balaban J connectivity index is 2.89. The van der Waals surface area contributed by atoms with Gasteiger partial charge in [-0.05, 0) is 23.7 Å². The van der Waals surface area contributed by atoms with Crippen molar-refractivity contribution in [2.75, 3.05) is 13.2 Å². The molecule has 1 aliphatic heterocycles. The van der Waals surface area contributed by atoms with Gasteiger partial charge in [-0.1, -0.05) is 54.9 Å². The van der Waals surface area contributed by atoms with Gasteiger partial charge in [0, 0.05) is 6.54 Å². The molecule has 0 aromatic carbocycles. The summed E-state index contributed by atoms with van der Waals surface area (Å²) in [6.45, 7) is 16.9. The van der Waals surface area contributed by atoms with E-state index in [1.807, 2.05) is 0 Å². The van der Waals surface area contributed by atoms with Crippen LogP contribution >= 0.6 is 0 Å². The highest BCUT2D eigenvalue weighted by molar-refractivity contribution is 5.83. The van der Waals surface area contributed by atoms with Crippen molar-refractivity contribution in [2.45, 2.75) is 73.8 Å². The van der Waals surface area contributed by atoms with Gasteiger partial charge in [0.25, 0.3) is 0 Å². The molecule has 1 heterocycles. The van der Waals surface area contributed by atoms with Crippen LogP contribution in [0.4, 0.5) is 0 Å². The molecule has 0 bridgehead atoms. The molecule has 118 valence electrons. The Hall–Kier alpha value is -0.570. The SMILES string of the molecule is CCC(C)(C)CC(C)(C(=O)NCC1CO1)C(C)(C)CC. The number of epoxide rings is 1. The van der Waals surface area contributed by atoms with Crippen molar-refractivity contribution in [1.82, 2.24) is 5.32 Å². The molecule has 2 unspecified atom stereocenters. The summed E-state index contributed by atoms with van der Waals surface area (Å²) in [5, 5.41) is 3.11. The third kappa shape index (κ3) is 3.97. The largest absolute Gasteiger partial charge is 0.371 e. The van der Waals surface area contributed by atoms with Gasteiger partial charge in [-0.2, -0.15) is 0 Å². The molecule has 0 aliphatic carbocycles. The second-order valence-corrected chi connectivity index (χ2v) is 7.93. The number of amides is 1. The Morgan fingerprint density at radius 3 is 2.10 bits per heavy atom. The van der Waals surface area contributed by atoms with E-state index in [2.05, 4.69) is 53.8 Å². The lowest BCUT2D eigenvalue weighted by molar-refractivity contribution is -0.140. The lowest BCUT2D eigenvalue weighted by Gasteiger charge is -2.46. The predicted octanol–water partition coefficient (Wildman–Crippen LogP) is 3.77. The highest BCUT2D eigenvalue weighted by atomic mass is 16.6. The van der Waals surface area contributed by atoms with E-state index in [4.69, 9.17) is 4.74 Å². The van der Waals surface area contributed by atoms with Crippen molar-refractivity contribution in [2.24, 2.45) is 16.2 Å². The number of hydrogen-bond acceptors (Lipinski definition) is 2. The Bertz CT molecular complexity index is 345. The minimum absolute atomic E-state index is 0.0199. The van der Waals surface area contributed by atoms with Crippen molar-refractivity contribution in [3.05, 3.63) is 0 Å². The highest BCUT2D eigenvalue weighted by Gasteiger charge is 2.48. The summed E-state index contributed by atoms with van der Waals surface area (Å²) >= 11 is 0. The number of hydrogen-bond donors (Lipinski definition) is 1. The van der Waals surface area contributed by atoms with Crippen molar-refractivity contribution in [1.29, 1.82) is 0 Å². The van der Waals surface area contributed by atoms with Crippen LogP contribution < -0.4 is 5.32 Å². The molecular formula is C17H33NO2. The number of carbonyl (C=O) groups excluding carboxylic acids is 1. The summed E-state index contributed by atoms with van der Waals surface area (Å²) in [4.78, 5) is 12.8. The zero-order chi connectivity index (χ0) is 15.6. The lowest BCUT2D eigenvalue weighted by Crippen LogP contribution is -2.51. The van der Waals surface area contributed by atoms with Crippen molar-refractivity contribution in [3.8, 4) is 0 Å². The van der Waals surface area contributed by atoms with Gasteiger partial charge in [0.15, 0.2) is 0 Å². The molecule has 1 fully saturated rings. The second kappa shape index (κ2) is 6.05. The van der Waals surface area contributed by atoms with Crippen molar-refractivity contribution < 1.29 is 9.53 Å². The van der Waals surface area contributed by atoms with Gasteiger partial charge in [-0.25, -0.2) is 0 Å². The Kier molecular flexibility index (Phi) is 5.29. The molecule has 2 atom stereocenters. The summed E-state index contributed by atoms with van der Waals surface area (Å²) in [5.74, 6) is 0.182. The van der Waals surface area contributed by atoms with E-state index in [9.17, 15) is 4.79 Å². The van der Waals surface area contributed by atoms with Gasteiger partial charge in [0.05, 0.1) is 18.1 Å². The molecule has 1 rings (SSSR count). The van der Waals surface area contributed by atoms with Gasteiger partial charge in [0.1, 0.15) is 0 Å². The van der Waals surface area contributed by atoms with E-state index in [1.54, 1.807) is 0 Å². The molecule has 3 nitrogen and oxygen atoms in total. The van der Waals surface area contributed by atoms with Gasteiger partial charge >= 0.3 is 0 Å². The number of nitrogens with one attached hydrogen (secondary N) is 1. The molecule has 1 aliphatic rings. The molecule has 20 heavy (non-hydrogen) atoms. The standard InChI is InChI=1S/C17H33NO2/c1-8-15(3,4)12-17(7,16(5,6)9-2)14(19)18-10-13-11-20-13/h13H,8-12H2,1-7H3,(H,18,19). The minimum atomic E-state index is -0.351. The molecule has 3 heteroatoms. The van der Waals surface area contributed by atoms with Crippen LogP contribution in [0.25, 0.3) is 0 Å². The molecule has 0 aromatic rings. The summed E-state index contributed by atoms with van der Waals surface area (Å²) in [5.41, 5.74) is -0.196. The fraction of sp³-hybridized carbons (Fsp3) is 0.941. The molecular weight excluding hydrogens is 250 g/mol. The van der Waals surface area contributed by atoms with Gasteiger partial charge < -0.3 is 10.1 Å². The number of ether oxygens (including phenoxy) is 1. The average Bonchev–Trinajstić information content (AvgIpc) is 3.19. The zero-order valence-electron chi connectivity index (χ0n) is 14.4. The zero-order valence-corrected chi connectivity index (χ0v) is 14.4. The Morgan fingerprint density at radius 2 is 1.70 bits per heavy atom. The minimum Gasteiger partial charge on any atom is -0.371 e. The second-order valence-electron chi connectivity index (χ2n) is 7.93. The quantitative estimate of drug-likeness (QED) is 0.689. The third-order valence-corrected chi connectivity index (χ3v) is 5.56. The summed E-state index contributed by atoms with van der Waals surface area (Å²) in [7, 11) is 0. The molecule has 0 spiro atoms. The van der Waals surface area contributed by atoms with Gasteiger partial charge in [-0.15, -0.1) is 0 Å². The first kappa shape index (κ1) is 17.5. The monoisotopic (exact) mass is 283 g/mol. The topological polar surface area (TPSA) is 41.6 Å².